The maximum Gasteiger partial charge on any atom is 0.331 e. The van der Waals surface area contributed by atoms with Crippen LogP contribution in [-0.4, -0.2) is 35.1 Å². The molecule has 1 rings (SSSR count). The highest BCUT2D eigenvalue weighted by Gasteiger charge is 2.25. The maximum absolute atomic E-state index is 12.3. The van der Waals surface area contributed by atoms with Crippen molar-refractivity contribution in [2.75, 3.05) is 13.1 Å². The molecule has 0 aliphatic rings. The summed E-state index contributed by atoms with van der Waals surface area (Å²) in [5.74, 6) is -0.592. The number of hydrogen-bond donors (Lipinski definition) is 2. The molecule has 0 radical (unpaired) electrons. The summed E-state index contributed by atoms with van der Waals surface area (Å²) in [7, 11) is 0. The average molecular weight is 312 g/mol. The smallest absolute Gasteiger partial charge is 0.331 e. The lowest BCUT2D eigenvalue weighted by atomic mass is 10.0. The Balaban J connectivity index is 2.73. The molecule has 1 unspecified atom stereocenters. The molecule has 0 aromatic carbocycles. The minimum Gasteiger partial charge on any atom is -0.479 e. The van der Waals surface area contributed by atoms with E-state index in [9.17, 15) is 14.7 Å². The van der Waals surface area contributed by atoms with Gasteiger partial charge >= 0.3 is 12.0 Å². The lowest BCUT2D eigenvalue weighted by molar-refractivity contribution is -0.139. The first kappa shape index (κ1) is 17.5. The molecule has 5 nitrogen and oxygen atoms in total. The minimum absolute atomic E-state index is 0.315. The van der Waals surface area contributed by atoms with Crippen LogP contribution in [0.3, 0.4) is 0 Å². The van der Waals surface area contributed by atoms with E-state index in [1.165, 1.54) is 11.3 Å². The molecule has 6 heteroatoms. The van der Waals surface area contributed by atoms with Gasteiger partial charge in [0.2, 0.25) is 0 Å². The third-order valence-electron chi connectivity index (χ3n) is 3.64. The molecule has 0 spiro atoms. The van der Waals surface area contributed by atoms with Crippen molar-refractivity contribution in [3.63, 3.8) is 0 Å². The molecule has 1 heterocycles. The standard InChI is InChI=1S/C15H24N2O3S/c1-4-11(5-2)10-17(6-3)15(20)16-13(14(18)19)12-8-7-9-21-12/h7-9,11,13H,4-6,10H2,1-3H3,(H,16,20)(H,18,19). The van der Waals surface area contributed by atoms with E-state index in [4.69, 9.17) is 0 Å². The highest BCUT2D eigenvalue weighted by atomic mass is 32.1. The lowest BCUT2D eigenvalue weighted by Crippen LogP contribution is -2.45. The van der Waals surface area contributed by atoms with Gasteiger partial charge in [-0.1, -0.05) is 32.8 Å². The molecule has 21 heavy (non-hydrogen) atoms. The molecule has 1 aromatic rings. The summed E-state index contributed by atoms with van der Waals surface area (Å²) >= 11 is 1.33. The Morgan fingerprint density at radius 1 is 1.33 bits per heavy atom. The summed E-state index contributed by atoms with van der Waals surface area (Å²) in [6, 6.07) is 2.21. The van der Waals surface area contributed by atoms with Crippen molar-refractivity contribution in [3.05, 3.63) is 22.4 Å². The van der Waals surface area contributed by atoms with Crippen LogP contribution < -0.4 is 5.32 Å². The van der Waals surface area contributed by atoms with Crippen LogP contribution in [0.25, 0.3) is 0 Å². The van der Waals surface area contributed by atoms with Crippen LogP contribution in [0.1, 0.15) is 44.5 Å². The van der Waals surface area contributed by atoms with Crippen molar-refractivity contribution in [1.29, 1.82) is 0 Å². The molecule has 1 atom stereocenters. The summed E-state index contributed by atoms with van der Waals surface area (Å²) in [4.78, 5) is 26.0. The summed E-state index contributed by atoms with van der Waals surface area (Å²) in [5, 5.41) is 13.7. The fourth-order valence-corrected chi connectivity index (χ4v) is 2.91. The molecule has 0 saturated heterocycles. The average Bonchev–Trinajstić information content (AvgIpc) is 2.99. The number of hydrogen-bond acceptors (Lipinski definition) is 3. The van der Waals surface area contributed by atoms with Gasteiger partial charge in [-0.15, -0.1) is 11.3 Å². The number of nitrogens with zero attached hydrogens (tertiary/aromatic N) is 1. The molecule has 0 bridgehead atoms. The van der Waals surface area contributed by atoms with Crippen molar-refractivity contribution in [3.8, 4) is 0 Å². The van der Waals surface area contributed by atoms with E-state index in [1.54, 1.807) is 22.4 Å². The molecule has 118 valence electrons. The molecule has 0 saturated carbocycles. The second kappa shape index (κ2) is 8.67. The number of urea groups is 1. The van der Waals surface area contributed by atoms with E-state index in [1.807, 2.05) is 6.92 Å². The predicted molar refractivity (Wildman–Crippen MR) is 84.5 cm³/mol. The second-order valence-corrected chi connectivity index (χ2v) is 5.94. The van der Waals surface area contributed by atoms with Gasteiger partial charge in [0.25, 0.3) is 0 Å². The van der Waals surface area contributed by atoms with Crippen LogP contribution in [0.15, 0.2) is 17.5 Å². The fourth-order valence-electron chi connectivity index (χ4n) is 2.14. The summed E-state index contributed by atoms with van der Waals surface area (Å²) in [6.07, 6.45) is 2.02. The third-order valence-corrected chi connectivity index (χ3v) is 4.58. The molecular weight excluding hydrogens is 288 g/mol. The Bertz CT molecular complexity index is 444. The van der Waals surface area contributed by atoms with Gasteiger partial charge in [0.15, 0.2) is 6.04 Å². The first-order chi connectivity index (χ1) is 10.0. The number of thiophene rings is 1. The zero-order chi connectivity index (χ0) is 15.8. The van der Waals surface area contributed by atoms with Crippen LogP contribution in [-0.2, 0) is 4.79 Å². The van der Waals surface area contributed by atoms with Crippen LogP contribution in [0.5, 0.6) is 0 Å². The highest BCUT2D eigenvalue weighted by molar-refractivity contribution is 7.10. The largest absolute Gasteiger partial charge is 0.479 e. The molecular formula is C15H24N2O3S. The molecule has 2 N–H and O–H groups in total. The second-order valence-electron chi connectivity index (χ2n) is 4.96. The van der Waals surface area contributed by atoms with E-state index in [0.717, 1.165) is 12.8 Å². The van der Waals surface area contributed by atoms with Gasteiger partial charge in [0.1, 0.15) is 0 Å². The van der Waals surface area contributed by atoms with Crippen molar-refractivity contribution < 1.29 is 14.7 Å². The lowest BCUT2D eigenvalue weighted by Gasteiger charge is -2.27. The number of aliphatic carboxylic acids is 1. The van der Waals surface area contributed by atoms with Gasteiger partial charge in [-0.2, -0.15) is 0 Å². The third kappa shape index (κ3) is 5.04. The van der Waals surface area contributed by atoms with Crippen LogP contribution in [0, 0.1) is 5.92 Å². The quantitative estimate of drug-likeness (QED) is 0.773. The summed E-state index contributed by atoms with van der Waals surface area (Å²) < 4.78 is 0. The zero-order valence-electron chi connectivity index (χ0n) is 12.8. The Kier molecular flexibility index (Phi) is 7.22. The summed E-state index contributed by atoms with van der Waals surface area (Å²) in [6.45, 7) is 7.34. The number of amides is 2. The minimum atomic E-state index is -1.04. The Labute approximate surface area is 130 Å². The normalized spacial score (nSPS) is 12.2. The maximum atomic E-state index is 12.3. The number of carboxylic acid groups (broad SMARTS) is 1. The van der Waals surface area contributed by atoms with Crippen molar-refractivity contribution in [1.82, 2.24) is 10.2 Å². The van der Waals surface area contributed by atoms with Gasteiger partial charge in [-0.25, -0.2) is 9.59 Å². The first-order valence-corrected chi connectivity index (χ1v) is 8.22. The van der Waals surface area contributed by atoms with Crippen molar-refractivity contribution >= 4 is 23.3 Å². The van der Waals surface area contributed by atoms with Gasteiger partial charge in [-0.3, -0.25) is 0 Å². The van der Waals surface area contributed by atoms with Crippen molar-refractivity contribution in [2.45, 2.75) is 39.7 Å². The Morgan fingerprint density at radius 3 is 2.43 bits per heavy atom. The predicted octanol–water partition coefficient (Wildman–Crippen LogP) is 3.34. The number of nitrogens with one attached hydrogen (secondary N) is 1. The van der Waals surface area contributed by atoms with Crippen LogP contribution >= 0.6 is 11.3 Å². The molecule has 1 aromatic heterocycles. The molecule has 2 amide bonds. The number of carbonyl (C=O) groups is 2. The van der Waals surface area contributed by atoms with Gasteiger partial charge in [0, 0.05) is 18.0 Å². The van der Waals surface area contributed by atoms with E-state index >= 15 is 0 Å². The molecule has 0 aliphatic heterocycles. The fraction of sp³-hybridized carbons (Fsp3) is 0.600. The molecule has 0 fully saturated rings. The monoisotopic (exact) mass is 312 g/mol. The van der Waals surface area contributed by atoms with Crippen molar-refractivity contribution in [2.24, 2.45) is 5.92 Å². The summed E-state index contributed by atoms with van der Waals surface area (Å²) in [5.41, 5.74) is 0. The zero-order valence-corrected chi connectivity index (χ0v) is 13.7. The van der Waals surface area contributed by atoms with Gasteiger partial charge in [-0.05, 0) is 24.3 Å². The van der Waals surface area contributed by atoms with E-state index in [2.05, 4.69) is 19.2 Å². The van der Waals surface area contributed by atoms with E-state index < -0.39 is 12.0 Å². The number of carboxylic acids is 1. The van der Waals surface area contributed by atoms with E-state index in [-0.39, 0.29) is 6.03 Å². The number of carbonyl (C=O) groups excluding carboxylic acids is 1. The molecule has 0 aliphatic carbocycles. The Morgan fingerprint density at radius 2 is 2.00 bits per heavy atom. The van der Waals surface area contributed by atoms with E-state index in [0.29, 0.717) is 23.9 Å². The topological polar surface area (TPSA) is 69.6 Å². The van der Waals surface area contributed by atoms with Crippen LogP contribution in [0.4, 0.5) is 4.79 Å². The number of rotatable bonds is 8. The van der Waals surface area contributed by atoms with Crippen LogP contribution in [0.2, 0.25) is 0 Å². The SMILES string of the molecule is CCC(CC)CN(CC)C(=O)NC(C(=O)O)c1cccs1. The Hall–Kier alpha value is -1.56. The van der Waals surface area contributed by atoms with Gasteiger partial charge < -0.3 is 15.3 Å². The highest BCUT2D eigenvalue weighted by Crippen LogP contribution is 2.20. The van der Waals surface area contributed by atoms with Gasteiger partial charge in [0.05, 0.1) is 0 Å². The first-order valence-electron chi connectivity index (χ1n) is 7.35.